The lowest BCUT2D eigenvalue weighted by atomic mass is 9.99. The summed E-state index contributed by atoms with van der Waals surface area (Å²) in [7, 11) is 0. The average molecular weight is 1750 g/mol. The molecule has 39 nitrogen and oxygen atoms in total. The fourth-order valence-electron chi connectivity index (χ4n) is 14.6. The molecule has 0 spiro atoms. The third-order valence-corrected chi connectivity index (χ3v) is 21.1. The number of hydrogen-bond donors (Lipinski definition) is 23. The number of carboxylic acid groups (broad SMARTS) is 3. The highest BCUT2D eigenvalue weighted by Gasteiger charge is 2.39. The zero-order chi connectivity index (χ0) is 92.2. The van der Waals surface area contributed by atoms with Gasteiger partial charge in [0.1, 0.15) is 72.5 Å². The Bertz CT molecular complexity index is 5210. The van der Waals surface area contributed by atoms with E-state index in [2.05, 4.69) is 83.7 Å². The molecule has 678 valence electrons. The van der Waals surface area contributed by atoms with Gasteiger partial charge in [0, 0.05) is 101 Å². The molecule has 0 bridgehead atoms. The third-order valence-electron chi connectivity index (χ3n) is 21.1. The quantitative estimate of drug-likeness (QED) is 0.0232. The minimum atomic E-state index is -1.94. The fraction of sp³-hybridized carbons (Fsp3) is 0.448. The predicted octanol–water partition coefficient (Wildman–Crippen LogP) is 0.606. The number of para-hydroxylation sites is 4. The number of aromatic amines is 4. The molecule has 13 atom stereocenters. The molecule has 0 radical (unpaired) electrons. The molecule has 0 aliphatic heterocycles. The van der Waals surface area contributed by atoms with Crippen molar-refractivity contribution in [2.24, 2.45) is 35.0 Å². The van der Waals surface area contributed by atoms with Crippen molar-refractivity contribution in [3.05, 3.63) is 144 Å². The zero-order valence-electron chi connectivity index (χ0n) is 71.2. The number of primary amides is 1. The van der Waals surface area contributed by atoms with Gasteiger partial charge in [-0.25, -0.2) is 4.79 Å². The van der Waals surface area contributed by atoms with Crippen LogP contribution in [0.25, 0.3) is 43.6 Å². The van der Waals surface area contributed by atoms with E-state index in [4.69, 9.17) is 17.2 Å². The lowest BCUT2D eigenvalue weighted by Gasteiger charge is -2.28. The molecule has 4 aromatic heterocycles. The van der Waals surface area contributed by atoms with Crippen LogP contribution >= 0.6 is 0 Å². The summed E-state index contributed by atoms with van der Waals surface area (Å²) in [6, 6.07) is 7.24. The number of benzene rings is 4. The van der Waals surface area contributed by atoms with Crippen LogP contribution in [-0.2, 0) is 102 Å². The Balaban J connectivity index is 0.998. The maximum Gasteiger partial charge on any atom is 0.326 e. The molecule has 8 aromatic rings. The van der Waals surface area contributed by atoms with E-state index in [1.807, 2.05) is 13.8 Å². The Kier molecular flexibility index (Phi) is 36.3. The Morgan fingerprint density at radius 1 is 0.333 bits per heavy atom. The number of rotatable bonds is 51. The van der Waals surface area contributed by atoms with E-state index >= 15 is 9.59 Å². The standard InChI is InChI=1S/C87H115N19O20/c1-44(2)30-56(89)76(114)96-62(27-28-73(109)110)78(116)98-63(31-45(3)4)81(119)104-69(38-74(111)112)85(123)97-61(26-16-17-29-88)77(115)100-65(33-48-39-91-57-22-12-8-18-52(48)57)79(117)95-47(7)75(113)106-71(43-107)86(124)99-64(32-46(5)6)80(118)101-66(34-49-40-92-58-23-13-9-19-53(49)58)82(120)102-67(35-50-41-93-59-24-14-10-20-54(50)59)83(121)103-68(37-72(90)108)84(122)105-70(87(125)126)36-51-42-94-60-25-15-11-21-55(51)60/h8-15,18-25,39-42,44-47,56,61-71,91-94,107H,16-17,26-38,43,88-89H2,1-7H3,(H2,90,108)(H,95,117)(H,96,114)(H,97,123)(H,98,116)(H,99,124)(H,100,115)(H,101,118)(H,102,120)(H,103,121)(H,104,119)(H,105,122)(H,106,113)(H,109,110)(H,111,112)(H,125,126)/t47-,56-,61-,62-,63-,64-,65-,66-,67-,68-,69-,70-,71-/m0/s1. The van der Waals surface area contributed by atoms with Gasteiger partial charge in [0.25, 0.3) is 0 Å². The first-order valence-corrected chi connectivity index (χ1v) is 41.8. The van der Waals surface area contributed by atoms with Gasteiger partial charge in [0.2, 0.25) is 76.8 Å². The second kappa shape index (κ2) is 46.8. The third kappa shape index (κ3) is 28.8. The van der Waals surface area contributed by atoms with Crippen molar-refractivity contribution in [2.75, 3.05) is 13.2 Å². The summed E-state index contributed by atoms with van der Waals surface area (Å²) in [4.78, 5) is 236. The molecule has 0 aliphatic rings. The summed E-state index contributed by atoms with van der Waals surface area (Å²) in [5, 5.41) is 73.8. The van der Waals surface area contributed by atoms with E-state index in [1.54, 1.807) is 150 Å². The molecule has 126 heavy (non-hydrogen) atoms. The Hall–Kier alpha value is -13.6. The number of fused-ring (bicyclic) bond motifs is 4. The lowest BCUT2D eigenvalue weighted by Crippen LogP contribution is -2.61. The topological polar surface area (TPSA) is 640 Å². The van der Waals surface area contributed by atoms with E-state index in [1.165, 1.54) is 6.92 Å². The van der Waals surface area contributed by atoms with Gasteiger partial charge in [-0.3, -0.25) is 71.9 Å². The maximum atomic E-state index is 15.3. The number of aliphatic carboxylic acids is 3. The van der Waals surface area contributed by atoms with E-state index in [9.17, 15) is 87.5 Å². The molecule has 4 heterocycles. The van der Waals surface area contributed by atoms with Crippen LogP contribution in [-0.4, -0.2) is 227 Å². The predicted molar refractivity (Wildman–Crippen MR) is 464 cm³/mol. The van der Waals surface area contributed by atoms with Gasteiger partial charge in [0.05, 0.1) is 25.5 Å². The highest BCUT2D eigenvalue weighted by molar-refractivity contribution is 6.02. The molecule has 0 fully saturated rings. The van der Waals surface area contributed by atoms with Crippen molar-refractivity contribution < 1.29 is 97.1 Å². The van der Waals surface area contributed by atoms with Crippen LogP contribution in [0.1, 0.15) is 135 Å². The molecule has 0 saturated heterocycles. The van der Waals surface area contributed by atoms with Gasteiger partial charge in [-0.2, -0.15) is 0 Å². The molecular weight excluding hydrogens is 1630 g/mol. The summed E-state index contributed by atoms with van der Waals surface area (Å²) < 4.78 is 0. The highest BCUT2D eigenvalue weighted by atomic mass is 16.4. The number of hydrogen-bond acceptors (Lipinski definition) is 19. The Morgan fingerprint density at radius 3 is 1.00 bits per heavy atom. The number of amides is 13. The van der Waals surface area contributed by atoms with Crippen LogP contribution in [0, 0.1) is 17.8 Å². The minimum Gasteiger partial charge on any atom is -0.481 e. The monoisotopic (exact) mass is 1750 g/mol. The minimum absolute atomic E-state index is 0.0344. The van der Waals surface area contributed by atoms with Gasteiger partial charge >= 0.3 is 17.9 Å². The number of aliphatic hydroxyl groups is 1. The SMILES string of the molecule is CC(C)C[C@H](NC(=O)[C@H](CO)NC(=O)[C@H](C)NC(=O)[C@H](Cc1c[nH]c2ccccc12)NC(=O)[C@H](CCCCN)NC(=O)[C@H](CC(=O)O)NC(=O)[C@H](CC(C)C)NC(=O)[C@H](CCC(=O)O)NC(=O)[C@@H](N)CC(C)C)C(=O)N[C@@H](Cc1c[nH]c2ccccc12)C(=O)N[C@@H](Cc1c[nH]c2ccccc12)C(=O)N[C@@H](CC(N)=O)C(=O)N[C@@H](Cc1c[nH]c2ccccc12)C(=O)O. The number of carboxylic acids is 3. The summed E-state index contributed by atoms with van der Waals surface area (Å²) >= 11 is 0. The molecule has 0 saturated carbocycles. The summed E-state index contributed by atoms with van der Waals surface area (Å²) in [6.45, 7) is 10.7. The molecule has 8 rings (SSSR count). The summed E-state index contributed by atoms with van der Waals surface area (Å²) in [5.41, 5.74) is 22.2. The van der Waals surface area contributed by atoms with Crippen LogP contribution < -0.4 is 81.0 Å². The molecular formula is C87H115N19O20. The van der Waals surface area contributed by atoms with Crippen molar-refractivity contribution in [1.82, 2.24) is 83.7 Å². The number of H-pyrrole nitrogens is 4. The van der Waals surface area contributed by atoms with E-state index in [0.717, 1.165) is 0 Å². The van der Waals surface area contributed by atoms with Gasteiger partial charge in [0.15, 0.2) is 0 Å². The number of carbonyl (C=O) groups excluding carboxylic acids is 13. The lowest BCUT2D eigenvalue weighted by molar-refractivity contribution is -0.142. The second-order valence-corrected chi connectivity index (χ2v) is 32.7. The van der Waals surface area contributed by atoms with Crippen molar-refractivity contribution in [3.8, 4) is 0 Å². The summed E-state index contributed by atoms with van der Waals surface area (Å²) in [6.07, 6.45) is 2.65. The number of unbranched alkanes of at least 4 members (excludes halogenated alkanes) is 1. The fourth-order valence-corrected chi connectivity index (χ4v) is 14.6. The van der Waals surface area contributed by atoms with Crippen LogP contribution in [0.3, 0.4) is 0 Å². The van der Waals surface area contributed by atoms with Crippen molar-refractivity contribution in [3.63, 3.8) is 0 Å². The van der Waals surface area contributed by atoms with E-state index in [0.29, 0.717) is 72.3 Å². The van der Waals surface area contributed by atoms with Gasteiger partial charge in [-0.05, 0) is 123 Å². The van der Waals surface area contributed by atoms with Crippen LogP contribution in [0.5, 0.6) is 0 Å². The largest absolute Gasteiger partial charge is 0.481 e. The first-order valence-electron chi connectivity index (χ1n) is 41.8. The van der Waals surface area contributed by atoms with E-state index < -0.39 is 206 Å². The first-order chi connectivity index (χ1) is 59.9. The summed E-state index contributed by atoms with van der Waals surface area (Å²) in [5.74, 6) is -18.5. The number of aliphatic hydroxyl groups excluding tert-OH is 1. The van der Waals surface area contributed by atoms with Crippen LogP contribution in [0.2, 0.25) is 0 Å². The average Bonchev–Trinajstić information content (AvgIpc) is 1.62. The highest BCUT2D eigenvalue weighted by Crippen LogP contribution is 2.25. The Labute approximate surface area is 725 Å². The normalized spacial score (nSPS) is 14.6. The number of nitrogens with two attached hydrogens (primary N) is 3. The number of carbonyl (C=O) groups is 16. The molecule has 13 amide bonds. The number of nitrogens with one attached hydrogen (secondary N) is 16. The zero-order valence-corrected chi connectivity index (χ0v) is 71.2. The van der Waals surface area contributed by atoms with E-state index in [-0.39, 0.29) is 82.1 Å². The van der Waals surface area contributed by atoms with Crippen molar-refractivity contribution in [2.45, 2.75) is 217 Å². The molecule has 0 aliphatic carbocycles. The molecule has 39 heteroatoms. The molecule has 4 aromatic carbocycles. The number of aromatic nitrogens is 4. The molecule has 0 unspecified atom stereocenters. The van der Waals surface area contributed by atoms with Crippen LogP contribution in [0.4, 0.5) is 0 Å². The van der Waals surface area contributed by atoms with Gasteiger partial charge in [-0.15, -0.1) is 0 Å². The van der Waals surface area contributed by atoms with Gasteiger partial charge < -0.3 is 121 Å². The smallest absolute Gasteiger partial charge is 0.326 e. The first kappa shape index (κ1) is 97.9. The maximum absolute atomic E-state index is 15.3. The van der Waals surface area contributed by atoms with Crippen LogP contribution in [0.15, 0.2) is 122 Å². The second-order valence-electron chi connectivity index (χ2n) is 32.7. The van der Waals surface area contributed by atoms with Crippen molar-refractivity contribution >= 4 is 138 Å². The van der Waals surface area contributed by atoms with Crippen molar-refractivity contribution in [1.29, 1.82) is 0 Å². The van der Waals surface area contributed by atoms with Gasteiger partial charge in [-0.1, -0.05) is 114 Å². The Morgan fingerprint density at radius 2 is 0.635 bits per heavy atom. The molecule has 26 N–H and O–H groups in total.